The maximum Gasteiger partial charge on any atom is 0.249 e. The molecule has 0 spiro atoms. The maximum atomic E-state index is 13.3. The molecule has 1 heterocycles. The van der Waals surface area contributed by atoms with Gasteiger partial charge in [-0.1, -0.05) is 44.9 Å². The van der Waals surface area contributed by atoms with E-state index in [0.29, 0.717) is 4.90 Å². The molecule has 1 aliphatic heterocycles. The van der Waals surface area contributed by atoms with Crippen LogP contribution in [-0.4, -0.2) is 47.3 Å². The van der Waals surface area contributed by atoms with Crippen LogP contribution in [0.4, 0.5) is 0 Å². The molecule has 1 aromatic carbocycles. The standard InChI is InChI=1S/C20H28N2O4/c1-12(2)18(24)16(23)11-13(3)19(25)21-17-15-8-6-5-7-14(15)9-10-22(4)20(17)26/h5-8,12-13,17-18,24H,9-11H2,1-4H3,(H,21,25)/t13-,17+,18+/m1/s1/i1D3,5D,6D,7D,8D,10D2,12D,17D/t12?,13-,17+,18+. The molecule has 2 amide bonds. The lowest BCUT2D eigenvalue weighted by atomic mass is 9.94. The van der Waals surface area contributed by atoms with E-state index < -0.39 is 97.5 Å². The fourth-order valence-corrected chi connectivity index (χ4v) is 2.34. The van der Waals surface area contributed by atoms with E-state index >= 15 is 0 Å². The van der Waals surface area contributed by atoms with Gasteiger partial charge in [0, 0.05) is 34.1 Å². The van der Waals surface area contributed by atoms with E-state index in [1.807, 2.05) is 0 Å². The lowest BCUT2D eigenvalue weighted by molar-refractivity contribution is -0.137. The molecular weight excluding hydrogens is 332 g/mol. The summed E-state index contributed by atoms with van der Waals surface area (Å²) in [5.74, 6) is -7.59. The van der Waals surface area contributed by atoms with Crippen molar-refractivity contribution < 1.29 is 34.6 Å². The SMILES string of the molecule is [2H]c1c([2H])c([2H])c2c(c1[2H])CC([2H])([2H])N(C)C(=O)[C@@]2([2H])NC(=O)[C@H](C)CC(=O)[C@@H](O)C([2H])(C)C([2H])([2H])[2H]. The average Bonchev–Trinajstić information content (AvgIpc) is 2.83. The van der Waals surface area contributed by atoms with Crippen LogP contribution in [-0.2, 0) is 20.8 Å². The Kier molecular flexibility index (Phi) is 3.13. The molecule has 0 radical (unpaired) electrons. The van der Waals surface area contributed by atoms with Gasteiger partial charge in [0.15, 0.2) is 5.78 Å². The third-order valence-corrected chi connectivity index (χ3v) is 3.94. The number of rotatable bonds is 6. The molecule has 6 heteroatoms. The molecule has 0 bridgehead atoms. The normalized spacial score (nSPS) is 33.2. The first-order chi connectivity index (χ1) is 16.5. The largest absolute Gasteiger partial charge is 0.385 e. The summed E-state index contributed by atoms with van der Waals surface area (Å²) in [4.78, 5) is 39.3. The molecule has 2 rings (SSSR count). The van der Waals surface area contributed by atoms with E-state index in [9.17, 15) is 19.5 Å². The Morgan fingerprint density at radius 3 is 2.92 bits per heavy atom. The van der Waals surface area contributed by atoms with Gasteiger partial charge in [0.2, 0.25) is 11.8 Å². The number of fused-ring (bicyclic) bond motifs is 1. The van der Waals surface area contributed by atoms with Gasteiger partial charge in [-0.25, -0.2) is 0 Å². The van der Waals surface area contributed by atoms with Gasteiger partial charge in [0.1, 0.15) is 12.1 Å². The first-order valence-corrected chi connectivity index (χ1v) is 7.93. The van der Waals surface area contributed by atoms with Crippen LogP contribution < -0.4 is 5.32 Å². The van der Waals surface area contributed by atoms with Gasteiger partial charge in [0.05, 0.1) is 6.85 Å². The van der Waals surface area contributed by atoms with Crippen molar-refractivity contribution in [1.29, 1.82) is 0 Å². The topological polar surface area (TPSA) is 86.7 Å². The van der Waals surface area contributed by atoms with Gasteiger partial charge >= 0.3 is 0 Å². The first kappa shape index (κ1) is 9.65. The number of amides is 2. The zero-order chi connectivity index (χ0) is 29.0. The van der Waals surface area contributed by atoms with E-state index in [1.165, 1.54) is 6.92 Å². The van der Waals surface area contributed by atoms with Gasteiger partial charge in [-0.2, -0.15) is 0 Å². The Morgan fingerprint density at radius 2 is 2.23 bits per heavy atom. The summed E-state index contributed by atoms with van der Waals surface area (Å²) < 4.78 is 87.5. The zero-order valence-corrected chi connectivity index (χ0v) is 14.7. The molecule has 1 aliphatic rings. The molecule has 0 fully saturated rings. The zero-order valence-electron chi connectivity index (χ0n) is 25.7. The Balaban J connectivity index is 2.51. The lowest BCUT2D eigenvalue weighted by Crippen LogP contribution is -2.43. The van der Waals surface area contributed by atoms with Gasteiger partial charge in [-0.15, -0.1) is 0 Å². The number of ketones is 1. The first-order valence-electron chi connectivity index (χ1n) is 13.4. The number of hydrogen-bond donors (Lipinski definition) is 2. The summed E-state index contributed by atoms with van der Waals surface area (Å²) in [5.41, 5.74) is -1.03. The molecule has 0 aromatic heterocycles. The molecule has 142 valence electrons. The molecule has 4 atom stereocenters. The lowest BCUT2D eigenvalue weighted by Gasteiger charge is -2.24. The van der Waals surface area contributed by atoms with Gasteiger partial charge in [-0.05, 0) is 23.4 Å². The monoisotopic (exact) mass is 371 g/mol. The van der Waals surface area contributed by atoms with E-state index in [1.54, 1.807) is 0 Å². The van der Waals surface area contributed by atoms with Crippen LogP contribution in [0.3, 0.4) is 0 Å². The average molecular weight is 372 g/mol. The Morgan fingerprint density at radius 1 is 1.54 bits per heavy atom. The fraction of sp³-hybridized carbons (Fsp3) is 0.550. The second-order valence-electron chi connectivity index (χ2n) is 6.07. The van der Waals surface area contributed by atoms with Crippen LogP contribution >= 0.6 is 0 Å². The van der Waals surface area contributed by atoms with Crippen molar-refractivity contribution in [3.8, 4) is 0 Å². The highest BCUT2D eigenvalue weighted by atomic mass is 16.3. The summed E-state index contributed by atoms with van der Waals surface area (Å²) in [6.45, 7) is -3.51. The van der Waals surface area contributed by atoms with Crippen molar-refractivity contribution in [3.05, 3.63) is 35.3 Å². The molecule has 2 N–H and O–H groups in total. The quantitative estimate of drug-likeness (QED) is 0.793. The van der Waals surface area contributed by atoms with Gasteiger partial charge < -0.3 is 15.3 Å². The third kappa shape index (κ3) is 4.49. The molecule has 6 nitrogen and oxygen atoms in total. The minimum absolute atomic E-state index is 0.384. The molecular formula is C20H28N2O4. The predicted molar refractivity (Wildman–Crippen MR) is 98.3 cm³/mol. The number of nitrogens with zero attached hydrogens (tertiary/aromatic N) is 1. The minimum Gasteiger partial charge on any atom is -0.385 e. The fourth-order valence-electron chi connectivity index (χ4n) is 2.34. The number of hydrogen-bond acceptors (Lipinski definition) is 4. The van der Waals surface area contributed by atoms with Crippen LogP contribution in [0.15, 0.2) is 24.2 Å². The van der Waals surface area contributed by atoms with Crippen molar-refractivity contribution in [3.63, 3.8) is 0 Å². The third-order valence-electron chi connectivity index (χ3n) is 3.94. The summed E-state index contributed by atoms with van der Waals surface area (Å²) in [7, 11) is 1.01. The smallest absolute Gasteiger partial charge is 0.249 e. The predicted octanol–water partition coefficient (Wildman–Crippen LogP) is 1.47. The second-order valence-corrected chi connectivity index (χ2v) is 6.07. The number of carbonyl (C=O) groups is 3. The molecule has 1 aromatic rings. The van der Waals surface area contributed by atoms with E-state index in [2.05, 4.69) is 5.32 Å². The van der Waals surface area contributed by atoms with Crippen LogP contribution in [0.1, 0.15) is 59.3 Å². The van der Waals surface area contributed by atoms with Crippen molar-refractivity contribution in [2.75, 3.05) is 13.5 Å². The Labute approximate surface area is 170 Å². The Hall–Kier alpha value is -2.21. The van der Waals surface area contributed by atoms with Crippen LogP contribution in [0.2, 0.25) is 0 Å². The van der Waals surface area contributed by atoms with E-state index in [0.717, 1.165) is 14.0 Å². The molecule has 0 saturated heterocycles. The maximum absolute atomic E-state index is 13.3. The molecule has 1 unspecified atom stereocenters. The second kappa shape index (κ2) is 8.45. The van der Waals surface area contributed by atoms with E-state index in [4.69, 9.17) is 15.1 Å². The van der Waals surface area contributed by atoms with Crippen LogP contribution in [0.25, 0.3) is 0 Å². The number of nitrogens with one attached hydrogen (secondary N) is 1. The number of Topliss-reactive ketones (excluding diaryl/α,β-unsaturated/α-hetero) is 1. The number of benzene rings is 1. The number of aliphatic hydroxyl groups is 1. The number of aliphatic hydroxyl groups excluding tert-OH is 1. The summed E-state index contributed by atoms with van der Waals surface area (Å²) >= 11 is 0. The minimum atomic E-state index is -3.03. The van der Waals surface area contributed by atoms with Crippen LogP contribution in [0.5, 0.6) is 0 Å². The van der Waals surface area contributed by atoms with Crippen molar-refractivity contribution in [1.82, 2.24) is 10.2 Å². The summed E-state index contributed by atoms with van der Waals surface area (Å²) in [6.07, 6.45) is -3.76. The summed E-state index contributed by atoms with van der Waals surface area (Å²) in [5, 5.41) is 12.2. The molecule has 0 aliphatic carbocycles. The van der Waals surface area contributed by atoms with Gasteiger partial charge in [-0.3, -0.25) is 14.4 Å². The molecule has 26 heavy (non-hydrogen) atoms. The van der Waals surface area contributed by atoms with Crippen molar-refractivity contribution >= 4 is 17.6 Å². The highest BCUT2D eigenvalue weighted by Gasteiger charge is 2.32. The Bertz CT molecular complexity index is 1140. The number of carbonyl (C=O) groups excluding carboxylic acids is 3. The highest BCUT2D eigenvalue weighted by molar-refractivity contribution is 5.92. The molecule has 0 saturated carbocycles. The number of likely N-dealkylation sites (N-methyl/N-ethyl adjacent to an activating group) is 1. The van der Waals surface area contributed by atoms with Gasteiger partial charge in [0.25, 0.3) is 0 Å². The van der Waals surface area contributed by atoms with E-state index in [-0.39, 0.29) is 5.56 Å². The highest BCUT2D eigenvalue weighted by Crippen LogP contribution is 2.25. The van der Waals surface area contributed by atoms with Crippen LogP contribution in [0, 0.1) is 11.8 Å². The summed E-state index contributed by atoms with van der Waals surface area (Å²) in [6, 6.07) is -5.95. The van der Waals surface area contributed by atoms with Crippen molar-refractivity contribution in [2.24, 2.45) is 11.8 Å². The van der Waals surface area contributed by atoms with Crippen molar-refractivity contribution in [2.45, 2.75) is 45.7 Å².